The third kappa shape index (κ3) is 15.0. The number of nitrogens with one attached hydrogen (secondary N) is 2. The fourth-order valence-electron chi connectivity index (χ4n) is 3.39. The van der Waals surface area contributed by atoms with Crippen LogP contribution in [0.5, 0.6) is 11.8 Å². The molecule has 0 aliphatic rings. The van der Waals surface area contributed by atoms with Gasteiger partial charge in [-0.05, 0) is 90.3 Å². The second kappa shape index (κ2) is 17.4. The first kappa shape index (κ1) is 36.3. The summed E-state index contributed by atoms with van der Waals surface area (Å²) in [4.78, 5) is 36.4. The summed E-state index contributed by atoms with van der Waals surface area (Å²) in [6, 6.07) is 14.3. The summed E-state index contributed by atoms with van der Waals surface area (Å²) in [6.07, 6.45) is 1.02. The topological polar surface area (TPSA) is 145 Å². The molecule has 0 saturated heterocycles. The van der Waals surface area contributed by atoms with Crippen LogP contribution in [0.1, 0.15) is 82.2 Å². The van der Waals surface area contributed by atoms with Crippen LogP contribution < -0.4 is 15.4 Å². The van der Waals surface area contributed by atoms with Crippen molar-refractivity contribution in [2.24, 2.45) is 0 Å². The van der Waals surface area contributed by atoms with Crippen LogP contribution in [-0.4, -0.2) is 61.8 Å². The zero-order valence-electron chi connectivity index (χ0n) is 26.6. The molecule has 1 aromatic heterocycles. The molecule has 12 heteroatoms. The van der Waals surface area contributed by atoms with Gasteiger partial charge in [0.25, 0.3) is 0 Å². The summed E-state index contributed by atoms with van der Waals surface area (Å²) in [5, 5.41) is 16.1. The second-order valence-corrected chi connectivity index (χ2v) is 12.5. The number of carbonyl (C=O) groups is 2. The summed E-state index contributed by atoms with van der Waals surface area (Å²) in [6.45, 7) is 14.5. The highest BCUT2D eigenvalue weighted by Crippen LogP contribution is 2.17. The predicted molar refractivity (Wildman–Crippen MR) is 173 cm³/mol. The monoisotopic (exact) mass is 673 g/mol. The second-order valence-electron chi connectivity index (χ2n) is 11.7. The highest BCUT2D eigenvalue weighted by Gasteiger charge is 2.18. The first-order chi connectivity index (χ1) is 20.7. The molecule has 0 unspecified atom stereocenters. The van der Waals surface area contributed by atoms with Crippen molar-refractivity contribution in [1.82, 2.24) is 20.3 Å². The molecule has 0 aliphatic heterocycles. The first-order valence-corrected chi connectivity index (χ1v) is 15.5. The Morgan fingerprint density at radius 2 is 1.48 bits per heavy atom. The lowest BCUT2D eigenvalue weighted by atomic mass is 10.1. The van der Waals surface area contributed by atoms with E-state index in [1.165, 1.54) is 0 Å². The number of rotatable bonds is 11. The zero-order valence-corrected chi connectivity index (χ0v) is 28.2. The number of esters is 1. The number of phenols is 1. The lowest BCUT2D eigenvalue weighted by Crippen LogP contribution is -2.33. The maximum absolute atomic E-state index is 12.2. The maximum Gasteiger partial charge on any atom is 0.407 e. The van der Waals surface area contributed by atoms with Gasteiger partial charge in [-0.2, -0.15) is 15.0 Å². The minimum Gasteiger partial charge on any atom is -0.508 e. The largest absolute Gasteiger partial charge is 0.508 e. The van der Waals surface area contributed by atoms with Gasteiger partial charge in [0, 0.05) is 24.8 Å². The number of ether oxygens (including phenoxy) is 3. The van der Waals surface area contributed by atoms with Crippen LogP contribution in [0.2, 0.25) is 0 Å². The van der Waals surface area contributed by atoms with Gasteiger partial charge in [0.15, 0.2) is 0 Å². The molecule has 1 heterocycles. The van der Waals surface area contributed by atoms with E-state index >= 15 is 0 Å². The van der Waals surface area contributed by atoms with Crippen LogP contribution in [-0.2, 0) is 22.4 Å². The Morgan fingerprint density at radius 1 is 0.864 bits per heavy atom. The first-order valence-electron chi connectivity index (χ1n) is 14.4. The summed E-state index contributed by atoms with van der Waals surface area (Å²) >= 11 is 3.27. The van der Waals surface area contributed by atoms with Gasteiger partial charge in [0.05, 0.1) is 12.2 Å². The van der Waals surface area contributed by atoms with Crippen molar-refractivity contribution >= 4 is 33.9 Å². The summed E-state index contributed by atoms with van der Waals surface area (Å²) < 4.78 is 15.9. The fraction of sp³-hybridized carbons (Fsp3) is 0.469. The van der Waals surface area contributed by atoms with Gasteiger partial charge in [-0.1, -0.05) is 40.2 Å². The van der Waals surface area contributed by atoms with Gasteiger partial charge in [0.1, 0.15) is 22.8 Å². The standard InChI is InChI=1S/C24H28N4O4.C8H16BrNO2/c1-5-31-23-27-20(26-22(28-23)25-15-17-8-12-19(29)13-9-17)14-16-6-10-18(11-7-16)21(30)32-24(2,3)4;1-8(2,3)12-7(11)10-6-4-5-9/h6-13,29H,5,14-15H2,1-4H3,(H,25,26,27,28);4-6H2,1-3H3,(H,10,11). The van der Waals surface area contributed by atoms with Crippen LogP contribution in [0, 0.1) is 0 Å². The minimum absolute atomic E-state index is 0.215. The van der Waals surface area contributed by atoms with Gasteiger partial charge in [-0.25, -0.2) is 9.59 Å². The summed E-state index contributed by atoms with van der Waals surface area (Å²) in [5.74, 6) is 0.801. The number of benzene rings is 2. The van der Waals surface area contributed by atoms with Gasteiger partial charge in [0.2, 0.25) is 5.95 Å². The average Bonchev–Trinajstić information content (AvgIpc) is 2.92. The highest BCUT2D eigenvalue weighted by molar-refractivity contribution is 9.09. The van der Waals surface area contributed by atoms with Crippen LogP contribution in [0.25, 0.3) is 0 Å². The van der Waals surface area contributed by atoms with E-state index in [4.69, 9.17) is 14.2 Å². The fourth-order valence-corrected chi connectivity index (χ4v) is 3.68. The van der Waals surface area contributed by atoms with Crippen LogP contribution in [0.4, 0.5) is 10.7 Å². The number of amides is 1. The van der Waals surface area contributed by atoms with E-state index in [9.17, 15) is 14.7 Å². The SMILES string of the molecule is CC(C)(C)OC(=O)NCCCBr.CCOc1nc(Cc2ccc(C(=O)OC(C)(C)C)cc2)nc(NCc2ccc(O)cc2)n1. The molecule has 0 atom stereocenters. The highest BCUT2D eigenvalue weighted by atomic mass is 79.9. The van der Waals surface area contributed by atoms with Crippen molar-refractivity contribution in [2.75, 3.05) is 23.8 Å². The third-order valence-corrected chi connectivity index (χ3v) is 5.81. The Bertz CT molecular complexity index is 1320. The Kier molecular flexibility index (Phi) is 14.3. The lowest BCUT2D eigenvalue weighted by Gasteiger charge is -2.19. The average molecular weight is 675 g/mol. The van der Waals surface area contributed by atoms with E-state index in [1.807, 2.05) is 72.7 Å². The number of halogens is 1. The number of carbonyl (C=O) groups excluding carboxylic acids is 2. The number of hydrogen-bond donors (Lipinski definition) is 3. The number of aromatic nitrogens is 3. The quantitative estimate of drug-likeness (QED) is 0.118. The molecule has 3 rings (SSSR count). The Morgan fingerprint density at radius 3 is 2.05 bits per heavy atom. The molecule has 3 aromatic rings. The van der Waals surface area contributed by atoms with Crippen LogP contribution in [0.15, 0.2) is 48.5 Å². The molecule has 11 nitrogen and oxygen atoms in total. The molecule has 0 spiro atoms. The molecule has 3 N–H and O–H groups in total. The van der Waals surface area contributed by atoms with E-state index < -0.39 is 11.2 Å². The van der Waals surface area contributed by atoms with E-state index in [2.05, 4.69) is 41.5 Å². The number of alkyl carbamates (subject to hydrolysis) is 1. The number of anilines is 1. The number of phenolic OH excluding ortho intramolecular Hbond substituents is 1. The van der Waals surface area contributed by atoms with Crippen molar-refractivity contribution in [3.05, 3.63) is 71.0 Å². The molecule has 240 valence electrons. The lowest BCUT2D eigenvalue weighted by molar-refractivity contribution is 0.00691. The van der Waals surface area contributed by atoms with Crippen LogP contribution in [0.3, 0.4) is 0 Å². The van der Waals surface area contributed by atoms with E-state index in [1.54, 1.807) is 24.3 Å². The minimum atomic E-state index is -0.542. The Labute approximate surface area is 268 Å². The normalized spacial score (nSPS) is 11.1. The third-order valence-electron chi connectivity index (χ3n) is 5.25. The number of alkyl halides is 1. The Hall–Kier alpha value is -3.93. The van der Waals surface area contributed by atoms with Crippen molar-refractivity contribution in [3.63, 3.8) is 0 Å². The van der Waals surface area contributed by atoms with E-state index in [-0.39, 0.29) is 23.8 Å². The number of hydrogen-bond acceptors (Lipinski definition) is 10. The van der Waals surface area contributed by atoms with Crippen molar-refractivity contribution < 1.29 is 28.9 Å². The molecule has 2 aromatic carbocycles. The molecular formula is C32H44BrN5O6. The molecule has 44 heavy (non-hydrogen) atoms. The summed E-state index contributed by atoms with van der Waals surface area (Å²) in [7, 11) is 0. The number of nitrogens with zero attached hydrogens (tertiary/aromatic N) is 3. The van der Waals surface area contributed by atoms with Crippen molar-refractivity contribution in [3.8, 4) is 11.8 Å². The van der Waals surface area contributed by atoms with Gasteiger partial charge in [-0.3, -0.25) is 0 Å². The molecule has 0 fully saturated rings. The van der Waals surface area contributed by atoms with Crippen molar-refractivity contribution in [2.45, 2.75) is 79.1 Å². The van der Waals surface area contributed by atoms with Gasteiger partial charge >= 0.3 is 18.1 Å². The van der Waals surface area contributed by atoms with Crippen LogP contribution >= 0.6 is 15.9 Å². The molecule has 0 bridgehead atoms. The van der Waals surface area contributed by atoms with Crippen molar-refractivity contribution in [1.29, 1.82) is 0 Å². The van der Waals surface area contributed by atoms with E-state index in [0.717, 1.165) is 22.9 Å². The predicted octanol–water partition coefficient (Wildman–Crippen LogP) is 6.43. The molecule has 0 radical (unpaired) electrons. The smallest absolute Gasteiger partial charge is 0.407 e. The van der Waals surface area contributed by atoms with E-state index in [0.29, 0.717) is 43.5 Å². The molecule has 0 saturated carbocycles. The zero-order chi connectivity index (χ0) is 32.8. The number of aromatic hydroxyl groups is 1. The van der Waals surface area contributed by atoms with Gasteiger partial charge < -0.3 is 30.0 Å². The molecule has 1 amide bonds. The van der Waals surface area contributed by atoms with Gasteiger partial charge in [-0.15, -0.1) is 0 Å². The summed E-state index contributed by atoms with van der Waals surface area (Å²) in [5.41, 5.74) is 1.46. The molecule has 0 aliphatic carbocycles. The Balaban J connectivity index is 0.000000477. The molecular weight excluding hydrogens is 630 g/mol. The maximum atomic E-state index is 12.2.